The summed E-state index contributed by atoms with van der Waals surface area (Å²) in [4.78, 5) is 11.3. The zero-order valence-electron chi connectivity index (χ0n) is 10.5. The van der Waals surface area contributed by atoms with E-state index in [4.69, 9.17) is 16.3 Å². The quantitative estimate of drug-likeness (QED) is 0.913. The molecule has 0 unspecified atom stereocenters. The molecule has 2 fully saturated rings. The number of benzene rings is 1. The lowest BCUT2D eigenvalue weighted by atomic mass is 9.96. The molecule has 0 aromatic heterocycles. The van der Waals surface area contributed by atoms with E-state index in [0.717, 1.165) is 0 Å². The molecule has 1 aliphatic carbocycles. The van der Waals surface area contributed by atoms with Crippen molar-refractivity contribution in [2.45, 2.75) is 28.4 Å². The van der Waals surface area contributed by atoms with Crippen LogP contribution in [-0.2, 0) is 24.8 Å². The van der Waals surface area contributed by atoms with Crippen LogP contribution in [0.15, 0.2) is 23.1 Å². The monoisotopic (exact) mass is 316 g/mol. The maximum Gasteiger partial charge on any atom is 0.314 e. The molecule has 5 nitrogen and oxygen atoms in total. The van der Waals surface area contributed by atoms with Crippen LogP contribution in [0, 0.1) is 0 Å². The molecular weight excluding hydrogens is 304 g/mol. The molecule has 0 bridgehead atoms. The highest BCUT2D eigenvalue weighted by molar-refractivity contribution is 7.92. The van der Waals surface area contributed by atoms with E-state index in [1.807, 2.05) is 0 Å². The van der Waals surface area contributed by atoms with Gasteiger partial charge in [0.25, 0.3) is 0 Å². The Kier molecular flexibility index (Phi) is 3.08. The van der Waals surface area contributed by atoms with E-state index in [1.54, 1.807) is 6.07 Å². The minimum atomic E-state index is -3.50. The van der Waals surface area contributed by atoms with Crippen molar-refractivity contribution in [2.24, 2.45) is 0 Å². The first-order valence-electron chi connectivity index (χ1n) is 6.23. The van der Waals surface area contributed by atoms with Crippen LogP contribution in [0.5, 0.6) is 0 Å². The maximum atomic E-state index is 12.3. The standard InChI is InChI=1S/C13H13ClO5S/c14-10-5-8(13(3-4-13)12(15)16)1-2-11(10)20(17,18)9-6-19-7-9/h1-2,5,9H,3-4,6-7H2,(H,15,16). The summed E-state index contributed by atoms with van der Waals surface area (Å²) in [7, 11) is -3.50. The van der Waals surface area contributed by atoms with Crippen molar-refractivity contribution < 1.29 is 23.1 Å². The van der Waals surface area contributed by atoms with Crippen LogP contribution in [0.2, 0.25) is 5.02 Å². The lowest BCUT2D eigenvalue weighted by molar-refractivity contribution is -0.140. The largest absolute Gasteiger partial charge is 0.481 e. The third-order valence-electron chi connectivity index (χ3n) is 4.00. The van der Waals surface area contributed by atoms with Gasteiger partial charge in [0.05, 0.1) is 28.5 Å². The van der Waals surface area contributed by atoms with Crippen molar-refractivity contribution in [1.29, 1.82) is 0 Å². The summed E-state index contributed by atoms with van der Waals surface area (Å²) in [5.41, 5.74) is -0.315. The third kappa shape index (κ3) is 1.94. The molecule has 7 heteroatoms. The minimum Gasteiger partial charge on any atom is -0.481 e. The van der Waals surface area contributed by atoms with Crippen LogP contribution in [0.1, 0.15) is 18.4 Å². The molecule has 108 valence electrons. The summed E-state index contributed by atoms with van der Waals surface area (Å²) in [6.45, 7) is 0.360. The molecule has 1 N–H and O–H groups in total. The van der Waals surface area contributed by atoms with Crippen molar-refractivity contribution >= 4 is 27.4 Å². The lowest BCUT2D eigenvalue weighted by Gasteiger charge is -2.26. The first-order valence-corrected chi connectivity index (χ1v) is 8.15. The summed E-state index contributed by atoms with van der Waals surface area (Å²) >= 11 is 6.06. The molecule has 0 spiro atoms. The second-order valence-electron chi connectivity index (χ2n) is 5.24. The Balaban J connectivity index is 1.98. The van der Waals surface area contributed by atoms with E-state index in [9.17, 15) is 18.3 Å². The van der Waals surface area contributed by atoms with Gasteiger partial charge >= 0.3 is 5.97 Å². The Morgan fingerprint density at radius 2 is 2.00 bits per heavy atom. The number of carboxylic acids is 1. The fourth-order valence-corrected chi connectivity index (χ4v) is 4.35. The molecular formula is C13H13ClO5S. The van der Waals surface area contributed by atoms with Gasteiger partial charge in [0.2, 0.25) is 0 Å². The van der Waals surface area contributed by atoms with Gasteiger partial charge in [0, 0.05) is 0 Å². The highest BCUT2D eigenvalue weighted by Gasteiger charge is 2.52. The molecule has 1 saturated carbocycles. The molecule has 1 heterocycles. The van der Waals surface area contributed by atoms with Crippen LogP contribution in [-0.4, -0.2) is 38.0 Å². The highest BCUT2D eigenvalue weighted by Crippen LogP contribution is 2.49. The van der Waals surface area contributed by atoms with Gasteiger partial charge in [-0.2, -0.15) is 0 Å². The lowest BCUT2D eigenvalue weighted by Crippen LogP contribution is -2.40. The second-order valence-corrected chi connectivity index (χ2v) is 7.84. The normalized spacial score (nSPS) is 21.2. The summed E-state index contributed by atoms with van der Waals surface area (Å²) in [5.74, 6) is -0.892. The molecule has 1 aromatic rings. The fourth-order valence-electron chi connectivity index (χ4n) is 2.35. The predicted octanol–water partition coefficient (Wildman–Crippen LogP) is 1.63. The van der Waals surface area contributed by atoms with Crippen molar-refractivity contribution in [1.82, 2.24) is 0 Å². The van der Waals surface area contributed by atoms with E-state index < -0.39 is 26.5 Å². The van der Waals surface area contributed by atoms with E-state index in [2.05, 4.69) is 0 Å². The average Bonchev–Trinajstić information content (AvgIpc) is 3.05. The zero-order valence-corrected chi connectivity index (χ0v) is 12.1. The summed E-state index contributed by atoms with van der Waals surface area (Å²) < 4.78 is 29.4. The van der Waals surface area contributed by atoms with Gasteiger partial charge in [-0.25, -0.2) is 8.42 Å². The molecule has 3 rings (SSSR count). The van der Waals surface area contributed by atoms with E-state index in [0.29, 0.717) is 18.4 Å². The van der Waals surface area contributed by atoms with Crippen molar-refractivity contribution in [3.63, 3.8) is 0 Å². The topological polar surface area (TPSA) is 80.7 Å². The average molecular weight is 317 g/mol. The molecule has 0 radical (unpaired) electrons. The number of halogens is 1. The number of carbonyl (C=O) groups is 1. The van der Waals surface area contributed by atoms with E-state index in [1.165, 1.54) is 12.1 Å². The Bertz CT molecular complexity index is 674. The van der Waals surface area contributed by atoms with Crippen LogP contribution in [0.4, 0.5) is 0 Å². The Morgan fingerprint density at radius 3 is 2.40 bits per heavy atom. The summed E-state index contributed by atoms with van der Waals surface area (Å²) in [6.07, 6.45) is 1.11. The minimum absolute atomic E-state index is 0.0532. The first kappa shape index (κ1) is 13.9. The molecule has 1 saturated heterocycles. The molecule has 0 amide bonds. The van der Waals surface area contributed by atoms with Gasteiger partial charge in [0.15, 0.2) is 9.84 Å². The van der Waals surface area contributed by atoms with E-state index >= 15 is 0 Å². The van der Waals surface area contributed by atoms with Crippen molar-refractivity contribution in [2.75, 3.05) is 13.2 Å². The van der Waals surface area contributed by atoms with Gasteiger partial charge in [-0.3, -0.25) is 4.79 Å². The smallest absolute Gasteiger partial charge is 0.314 e. The number of ether oxygens (including phenoxy) is 1. The van der Waals surface area contributed by atoms with Gasteiger partial charge in [-0.15, -0.1) is 0 Å². The van der Waals surface area contributed by atoms with E-state index in [-0.39, 0.29) is 23.1 Å². The fraction of sp³-hybridized carbons (Fsp3) is 0.462. The van der Waals surface area contributed by atoms with Crippen LogP contribution >= 0.6 is 11.6 Å². The number of aliphatic carboxylic acids is 1. The number of carboxylic acid groups (broad SMARTS) is 1. The molecule has 1 aliphatic heterocycles. The molecule has 20 heavy (non-hydrogen) atoms. The van der Waals surface area contributed by atoms with Crippen LogP contribution in [0.25, 0.3) is 0 Å². The zero-order chi connectivity index (χ0) is 14.5. The number of hydrogen-bond donors (Lipinski definition) is 1. The van der Waals surface area contributed by atoms with Gasteiger partial charge < -0.3 is 9.84 Å². The number of hydrogen-bond acceptors (Lipinski definition) is 4. The summed E-state index contributed by atoms with van der Waals surface area (Å²) in [6, 6.07) is 4.43. The SMILES string of the molecule is O=C(O)C1(c2ccc(S(=O)(=O)C3COC3)c(Cl)c2)CC1. The summed E-state index contributed by atoms with van der Waals surface area (Å²) in [5, 5.41) is 8.76. The molecule has 1 aromatic carbocycles. The Labute approximate surface area is 121 Å². The van der Waals surface area contributed by atoms with Gasteiger partial charge in [-0.1, -0.05) is 17.7 Å². The van der Waals surface area contributed by atoms with Crippen LogP contribution in [0.3, 0.4) is 0 Å². The Morgan fingerprint density at radius 1 is 1.35 bits per heavy atom. The van der Waals surface area contributed by atoms with Crippen molar-refractivity contribution in [3.05, 3.63) is 28.8 Å². The van der Waals surface area contributed by atoms with Gasteiger partial charge in [0.1, 0.15) is 5.25 Å². The highest BCUT2D eigenvalue weighted by atomic mass is 35.5. The van der Waals surface area contributed by atoms with Crippen molar-refractivity contribution in [3.8, 4) is 0 Å². The first-order chi connectivity index (χ1) is 9.38. The number of sulfone groups is 1. The number of rotatable bonds is 4. The molecule has 2 aliphatic rings. The third-order valence-corrected chi connectivity index (χ3v) is 6.54. The predicted molar refractivity (Wildman–Crippen MR) is 71.8 cm³/mol. The Hall–Kier alpha value is -1.11. The van der Waals surface area contributed by atoms with Crippen LogP contribution < -0.4 is 0 Å². The molecule has 0 atom stereocenters. The maximum absolute atomic E-state index is 12.3. The van der Waals surface area contributed by atoms with Gasteiger partial charge in [-0.05, 0) is 30.5 Å². The second kappa shape index (κ2) is 4.44.